The molecule has 1 rings (SSSR count). The molecule has 0 saturated carbocycles. The highest BCUT2D eigenvalue weighted by Crippen LogP contribution is 2.10. The van der Waals surface area contributed by atoms with E-state index >= 15 is 0 Å². The van der Waals surface area contributed by atoms with Crippen molar-refractivity contribution in [1.29, 1.82) is 0 Å². The predicted octanol–water partition coefficient (Wildman–Crippen LogP) is 1.04. The summed E-state index contributed by atoms with van der Waals surface area (Å²) in [6.07, 6.45) is 0. The Labute approximate surface area is 80.4 Å². The Morgan fingerprint density at radius 1 is 1.82 bits per heavy atom. The fourth-order valence-electron chi connectivity index (χ4n) is 0.497. The lowest BCUT2D eigenvalue weighted by molar-refractivity contribution is 1.19. The Morgan fingerprint density at radius 2 is 2.45 bits per heavy atom. The van der Waals surface area contributed by atoms with Crippen LogP contribution in [0.2, 0.25) is 0 Å². The number of anilines is 1. The highest BCUT2D eigenvalue weighted by molar-refractivity contribution is 7.81. The lowest BCUT2D eigenvalue weighted by Gasteiger charge is -1.93. The van der Waals surface area contributed by atoms with Gasteiger partial charge in [-0.3, -0.25) is 0 Å². The first kappa shape index (κ1) is 10.6. The Bertz CT molecular complexity index is 248. The lowest BCUT2D eigenvalue weighted by atomic mass is 10.6. The van der Waals surface area contributed by atoms with Crippen molar-refractivity contribution in [2.45, 2.75) is 0 Å². The number of halogens is 1. The fraction of sp³-hybridized carbons (Fsp3) is 0.200. The molecule has 0 saturated heterocycles. The largest absolute Gasteiger partial charge is 0.383 e. The third-order valence-electron chi connectivity index (χ3n) is 0.943. The summed E-state index contributed by atoms with van der Waals surface area (Å²) >= 11 is 6.36. The second-order valence-corrected chi connectivity index (χ2v) is 2.92. The molecule has 3 nitrogen and oxygen atoms in total. The van der Waals surface area contributed by atoms with Crippen LogP contribution in [0.3, 0.4) is 0 Å². The minimum Gasteiger partial charge on any atom is -0.383 e. The molecule has 0 aliphatic rings. The molecular formula is C5H8ClN3S2. The number of nitrogens with zero attached hydrogens (tertiary/aromatic N) is 1. The Kier molecular flexibility index (Phi) is 4.32. The summed E-state index contributed by atoms with van der Waals surface area (Å²) in [5, 5.41) is 5.35. The molecule has 3 N–H and O–H groups in total. The van der Waals surface area contributed by atoms with Crippen LogP contribution in [0.1, 0.15) is 5.01 Å². The van der Waals surface area contributed by atoms with Crippen LogP contribution < -0.4 is 11.1 Å². The fourth-order valence-corrected chi connectivity index (χ4v) is 1.34. The van der Waals surface area contributed by atoms with Crippen molar-refractivity contribution in [3.63, 3.8) is 0 Å². The summed E-state index contributed by atoms with van der Waals surface area (Å²) in [4.78, 5) is 4.61. The van der Waals surface area contributed by atoms with Gasteiger partial charge < -0.3 is 11.1 Å². The predicted molar refractivity (Wildman–Crippen MR) is 54.5 cm³/mol. The van der Waals surface area contributed by atoms with Crippen molar-refractivity contribution in [2.75, 3.05) is 12.8 Å². The van der Waals surface area contributed by atoms with Gasteiger partial charge in [0.25, 0.3) is 0 Å². The van der Waals surface area contributed by atoms with E-state index in [1.807, 2.05) is 0 Å². The maximum Gasteiger partial charge on any atom is 0.153 e. The molecule has 0 spiro atoms. The molecule has 0 atom stereocenters. The van der Waals surface area contributed by atoms with Crippen molar-refractivity contribution in [3.8, 4) is 0 Å². The molecule has 0 aliphatic carbocycles. The summed E-state index contributed by atoms with van der Waals surface area (Å²) in [5.41, 5.74) is 5.38. The van der Waals surface area contributed by atoms with Gasteiger partial charge >= 0.3 is 0 Å². The van der Waals surface area contributed by atoms with Crippen LogP contribution in [0.4, 0.5) is 5.82 Å². The van der Waals surface area contributed by atoms with Gasteiger partial charge in [-0.15, -0.1) is 23.7 Å². The van der Waals surface area contributed by atoms with Gasteiger partial charge in [0.1, 0.15) is 10.8 Å². The molecule has 0 aliphatic heterocycles. The number of hydrogen-bond donors (Lipinski definition) is 2. The maximum atomic E-state index is 5.38. The van der Waals surface area contributed by atoms with Gasteiger partial charge in [0.05, 0.1) is 0 Å². The van der Waals surface area contributed by atoms with Gasteiger partial charge in [-0.05, 0) is 0 Å². The van der Waals surface area contributed by atoms with Crippen LogP contribution in [-0.4, -0.2) is 17.0 Å². The molecule has 0 fully saturated rings. The molecule has 1 aromatic rings. The number of rotatable bonds is 1. The van der Waals surface area contributed by atoms with Crippen molar-refractivity contribution in [3.05, 3.63) is 10.4 Å². The normalized spacial score (nSPS) is 8.45. The van der Waals surface area contributed by atoms with E-state index in [9.17, 15) is 0 Å². The smallest absolute Gasteiger partial charge is 0.153 e. The Morgan fingerprint density at radius 3 is 2.82 bits per heavy atom. The van der Waals surface area contributed by atoms with E-state index < -0.39 is 0 Å². The van der Waals surface area contributed by atoms with Crippen molar-refractivity contribution < 1.29 is 0 Å². The first-order valence-corrected chi connectivity index (χ1v) is 3.96. The van der Waals surface area contributed by atoms with E-state index in [2.05, 4.69) is 10.3 Å². The summed E-state index contributed by atoms with van der Waals surface area (Å²) in [5.74, 6) is 0.526. The molecule has 0 unspecified atom stereocenters. The van der Waals surface area contributed by atoms with Gasteiger partial charge in [-0.25, -0.2) is 4.98 Å². The summed E-state index contributed by atoms with van der Waals surface area (Å²) in [7, 11) is 1.76. The number of nitrogen functional groups attached to an aromatic ring is 1. The van der Waals surface area contributed by atoms with Gasteiger partial charge in [0.2, 0.25) is 0 Å². The summed E-state index contributed by atoms with van der Waals surface area (Å²) < 4.78 is 0. The van der Waals surface area contributed by atoms with Crippen molar-refractivity contribution in [2.24, 2.45) is 0 Å². The highest BCUT2D eigenvalue weighted by atomic mass is 35.5. The van der Waals surface area contributed by atoms with Crippen LogP contribution in [-0.2, 0) is 0 Å². The third-order valence-corrected chi connectivity index (χ3v) is 2.35. The SMILES string of the molecule is CNC(=S)c1nc(N)cs1.Cl. The van der Waals surface area contributed by atoms with Crippen LogP contribution in [0, 0.1) is 0 Å². The van der Waals surface area contributed by atoms with Crippen LogP contribution in [0.15, 0.2) is 5.38 Å². The van der Waals surface area contributed by atoms with E-state index in [0.29, 0.717) is 10.8 Å². The quantitative estimate of drug-likeness (QED) is 0.679. The number of thiazole rings is 1. The molecule has 1 aromatic heterocycles. The zero-order valence-corrected chi connectivity index (χ0v) is 8.28. The molecule has 0 radical (unpaired) electrons. The summed E-state index contributed by atoms with van der Waals surface area (Å²) in [6.45, 7) is 0. The number of nitrogens with two attached hydrogens (primary N) is 1. The second-order valence-electron chi connectivity index (χ2n) is 1.66. The van der Waals surface area contributed by atoms with Crippen LogP contribution in [0.25, 0.3) is 0 Å². The molecule has 11 heavy (non-hydrogen) atoms. The van der Waals surface area contributed by atoms with Crippen molar-refractivity contribution >= 4 is 46.8 Å². The van der Waals surface area contributed by atoms with E-state index in [1.165, 1.54) is 11.3 Å². The molecule has 1 heterocycles. The van der Waals surface area contributed by atoms with Gasteiger partial charge in [0.15, 0.2) is 5.01 Å². The molecule has 6 heteroatoms. The van der Waals surface area contributed by atoms with Gasteiger partial charge in [-0.1, -0.05) is 12.2 Å². The number of thiocarbonyl (C=S) groups is 1. The minimum absolute atomic E-state index is 0. The lowest BCUT2D eigenvalue weighted by Crippen LogP contribution is -2.15. The zero-order valence-electron chi connectivity index (χ0n) is 5.83. The monoisotopic (exact) mass is 209 g/mol. The molecular weight excluding hydrogens is 202 g/mol. The minimum atomic E-state index is 0. The zero-order chi connectivity index (χ0) is 7.56. The molecule has 0 amide bonds. The maximum absolute atomic E-state index is 5.38. The van der Waals surface area contributed by atoms with E-state index in [4.69, 9.17) is 18.0 Å². The molecule has 0 aromatic carbocycles. The number of nitrogens with one attached hydrogen (secondary N) is 1. The standard InChI is InChI=1S/C5H7N3S2.ClH/c1-7-4(9)5-8-3(6)2-10-5;/h2H,6H2,1H3,(H,7,9);1H. The highest BCUT2D eigenvalue weighted by Gasteiger charge is 2.01. The van der Waals surface area contributed by atoms with Crippen molar-refractivity contribution in [1.82, 2.24) is 10.3 Å². The molecule has 62 valence electrons. The third kappa shape index (κ3) is 2.61. The van der Waals surface area contributed by atoms with Crippen LogP contribution >= 0.6 is 36.0 Å². The second kappa shape index (κ2) is 4.48. The number of hydrogen-bond acceptors (Lipinski definition) is 4. The van der Waals surface area contributed by atoms with E-state index in [0.717, 1.165) is 5.01 Å². The topological polar surface area (TPSA) is 50.9 Å². The Balaban J connectivity index is 0.000001000. The summed E-state index contributed by atoms with van der Waals surface area (Å²) in [6, 6.07) is 0. The Hall–Kier alpha value is -0.390. The van der Waals surface area contributed by atoms with Crippen LogP contribution in [0.5, 0.6) is 0 Å². The average Bonchev–Trinajstić information content (AvgIpc) is 2.34. The molecule has 0 bridgehead atoms. The van der Waals surface area contributed by atoms with E-state index in [-0.39, 0.29) is 12.4 Å². The number of aromatic nitrogens is 1. The van der Waals surface area contributed by atoms with Gasteiger partial charge in [0, 0.05) is 12.4 Å². The average molecular weight is 210 g/mol. The first-order valence-electron chi connectivity index (χ1n) is 2.67. The van der Waals surface area contributed by atoms with E-state index in [1.54, 1.807) is 12.4 Å². The van der Waals surface area contributed by atoms with Gasteiger partial charge in [-0.2, -0.15) is 0 Å². The first-order chi connectivity index (χ1) is 4.74.